The highest BCUT2D eigenvalue weighted by Gasteiger charge is 2.34. The maximum Gasteiger partial charge on any atom is 0.0652 e. The van der Waals surface area contributed by atoms with E-state index in [-0.39, 0.29) is 0 Å². The smallest absolute Gasteiger partial charge is 0.0652 e. The lowest BCUT2D eigenvalue weighted by molar-refractivity contribution is 0.114. The second kappa shape index (κ2) is 7.92. The van der Waals surface area contributed by atoms with E-state index in [2.05, 4.69) is 108 Å². The molecule has 0 amide bonds. The van der Waals surface area contributed by atoms with Crippen molar-refractivity contribution in [3.05, 3.63) is 108 Å². The first-order valence-corrected chi connectivity index (χ1v) is 11.5. The molecule has 158 valence electrons. The highest BCUT2D eigenvalue weighted by molar-refractivity contribution is 6.09. The summed E-state index contributed by atoms with van der Waals surface area (Å²) in [6.45, 7) is 6.06. The molecule has 0 atom stereocenters. The summed E-state index contributed by atoms with van der Waals surface area (Å²) in [5, 5.41) is 9.82. The Bertz CT molecular complexity index is 1260. The number of hydrogen-bond donors (Lipinski definition) is 0. The van der Waals surface area contributed by atoms with Gasteiger partial charge in [0.1, 0.15) is 0 Å². The van der Waals surface area contributed by atoms with Gasteiger partial charge >= 0.3 is 0 Å². The predicted molar refractivity (Wildman–Crippen MR) is 133 cm³/mol. The summed E-state index contributed by atoms with van der Waals surface area (Å²) in [4.78, 5) is 2.63. The highest BCUT2D eigenvalue weighted by atomic mass is 15.5. The molecular formula is C29H27N3. The first-order chi connectivity index (χ1) is 15.8. The molecule has 3 nitrogen and oxygen atoms in total. The number of benzene rings is 4. The molecule has 0 spiro atoms. The van der Waals surface area contributed by atoms with E-state index in [1.807, 2.05) is 0 Å². The Morgan fingerprint density at radius 3 is 2.00 bits per heavy atom. The van der Waals surface area contributed by atoms with E-state index in [1.165, 1.54) is 38.6 Å². The molecule has 0 bridgehead atoms. The fourth-order valence-corrected chi connectivity index (χ4v) is 5.40. The van der Waals surface area contributed by atoms with Gasteiger partial charge in [-0.1, -0.05) is 91.0 Å². The maximum atomic E-state index is 5.03. The van der Waals surface area contributed by atoms with Crippen LogP contribution in [0.5, 0.6) is 0 Å². The normalized spacial score (nSPS) is 16.9. The summed E-state index contributed by atoms with van der Waals surface area (Å²) in [5.74, 6) is 0. The van der Waals surface area contributed by atoms with Gasteiger partial charge in [0, 0.05) is 31.7 Å². The Balaban J connectivity index is 1.23. The van der Waals surface area contributed by atoms with Gasteiger partial charge in [-0.2, -0.15) is 5.10 Å². The summed E-state index contributed by atoms with van der Waals surface area (Å²) >= 11 is 0. The Morgan fingerprint density at radius 1 is 0.688 bits per heavy atom. The Labute approximate surface area is 189 Å². The highest BCUT2D eigenvalue weighted by Crippen LogP contribution is 2.46. The van der Waals surface area contributed by atoms with Crippen molar-refractivity contribution in [3.8, 4) is 11.1 Å². The van der Waals surface area contributed by atoms with Crippen molar-refractivity contribution in [1.82, 2.24) is 9.91 Å². The van der Waals surface area contributed by atoms with E-state index in [1.54, 1.807) is 0 Å². The topological polar surface area (TPSA) is 18.8 Å². The van der Waals surface area contributed by atoms with Gasteiger partial charge in [-0.3, -0.25) is 9.91 Å². The van der Waals surface area contributed by atoms with Gasteiger partial charge in [0.25, 0.3) is 0 Å². The molecule has 0 aromatic heterocycles. The zero-order chi connectivity index (χ0) is 21.5. The van der Waals surface area contributed by atoms with Gasteiger partial charge in [0.15, 0.2) is 0 Å². The van der Waals surface area contributed by atoms with E-state index in [0.717, 1.165) is 31.9 Å². The van der Waals surface area contributed by atoms with E-state index < -0.39 is 0 Å². The second-order valence-corrected chi connectivity index (χ2v) is 8.78. The molecule has 32 heavy (non-hydrogen) atoms. The van der Waals surface area contributed by atoms with Crippen LogP contribution < -0.4 is 0 Å². The fraction of sp³-hybridized carbons (Fsp3) is 0.207. The molecule has 1 aliphatic heterocycles. The largest absolute Gasteiger partial charge is 0.294 e. The van der Waals surface area contributed by atoms with Crippen molar-refractivity contribution in [2.24, 2.45) is 5.10 Å². The third-order valence-electron chi connectivity index (χ3n) is 6.93. The lowest BCUT2D eigenvalue weighted by Crippen LogP contribution is -2.45. The molecule has 2 aliphatic rings. The van der Waals surface area contributed by atoms with Crippen molar-refractivity contribution in [2.75, 3.05) is 26.2 Å². The monoisotopic (exact) mass is 417 g/mol. The standard InChI is InChI=1S/C29H27N3/c1-21(23-16-8-10-22-9-2-3-11-24(22)23)30-32-19-17-31(18-20-32)29-27-14-6-4-12-25(27)26-13-5-7-15-28(26)29/h2-16,29H,17-20H2,1H3/b30-21-. The number of fused-ring (bicyclic) bond motifs is 4. The number of hydrazone groups is 1. The molecule has 1 aliphatic carbocycles. The zero-order valence-electron chi connectivity index (χ0n) is 18.4. The van der Waals surface area contributed by atoms with Crippen LogP contribution in [0.15, 0.2) is 96.1 Å². The minimum atomic E-state index is 0.354. The van der Waals surface area contributed by atoms with Crippen LogP contribution >= 0.6 is 0 Å². The van der Waals surface area contributed by atoms with Crippen LogP contribution in [0.25, 0.3) is 21.9 Å². The molecule has 1 fully saturated rings. The summed E-state index contributed by atoms with van der Waals surface area (Å²) in [6, 6.07) is 33.2. The van der Waals surface area contributed by atoms with Gasteiger partial charge in [-0.25, -0.2) is 0 Å². The zero-order valence-corrected chi connectivity index (χ0v) is 18.4. The van der Waals surface area contributed by atoms with Crippen LogP contribution in [0.2, 0.25) is 0 Å². The minimum Gasteiger partial charge on any atom is -0.294 e. The van der Waals surface area contributed by atoms with E-state index in [9.17, 15) is 0 Å². The number of piperazine rings is 1. The van der Waals surface area contributed by atoms with Crippen LogP contribution in [0.4, 0.5) is 0 Å². The summed E-state index contributed by atoms with van der Waals surface area (Å²) in [7, 11) is 0. The molecule has 0 radical (unpaired) electrons. The Hall–Kier alpha value is -3.43. The Kier molecular flexibility index (Phi) is 4.77. The van der Waals surface area contributed by atoms with Crippen LogP contribution in [0.3, 0.4) is 0 Å². The quantitative estimate of drug-likeness (QED) is 0.384. The molecule has 4 aromatic carbocycles. The molecule has 1 saturated heterocycles. The van der Waals surface area contributed by atoms with Gasteiger partial charge in [-0.05, 0) is 39.9 Å². The van der Waals surface area contributed by atoms with Crippen LogP contribution in [0, 0.1) is 0 Å². The Morgan fingerprint density at radius 2 is 1.28 bits per heavy atom. The third-order valence-corrected chi connectivity index (χ3v) is 6.93. The first-order valence-electron chi connectivity index (χ1n) is 11.5. The van der Waals surface area contributed by atoms with Gasteiger partial charge in [-0.15, -0.1) is 0 Å². The van der Waals surface area contributed by atoms with Crippen molar-refractivity contribution >= 4 is 16.5 Å². The summed E-state index contributed by atoms with van der Waals surface area (Å²) < 4.78 is 0. The SMILES string of the molecule is C/C(=N/N1CCN(C2c3ccccc3-c3ccccc32)CC1)c1cccc2ccccc12. The van der Waals surface area contributed by atoms with Crippen molar-refractivity contribution in [2.45, 2.75) is 13.0 Å². The van der Waals surface area contributed by atoms with Crippen LogP contribution in [0.1, 0.15) is 29.7 Å². The van der Waals surface area contributed by atoms with Crippen molar-refractivity contribution in [3.63, 3.8) is 0 Å². The predicted octanol–water partition coefficient (Wildman–Crippen LogP) is 5.95. The lowest BCUT2D eigenvalue weighted by Gasteiger charge is -2.37. The lowest BCUT2D eigenvalue weighted by atomic mass is 10.0. The molecule has 0 N–H and O–H groups in total. The molecule has 3 heteroatoms. The average molecular weight is 418 g/mol. The van der Waals surface area contributed by atoms with Crippen LogP contribution in [-0.4, -0.2) is 41.8 Å². The minimum absolute atomic E-state index is 0.354. The molecule has 0 saturated carbocycles. The van der Waals surface area contributed by atoms with E-state index in [4.69, 9.17) is 5.10 Å². The van der Waals surface area contributed by atoms with Gasteiger partial charge in [0.2, 0.25) is 0 Å². The summed E-state index contributed by atoms with van der Waals surface area (Å²) in [5.41, 5.74) is 7.98. The van der Waals surface area contributed by atoms with E-state index >= 15 is 0 Å². The fourth-order valence-electron chi connectivity index (χ4n) is 5.40. The van der Waals surface area contributed by atoms with Crippen molar-refractivity contribution in [1.29, 1.82) is 0 Å². The second-order valence-electron chi connectivity index (χ2n) is 8.78. The molecule has 4 aromatic rings. The maximum absolute atomic E-state index is 5.03. The molecule has 1 heterocycles. The molecule has 0 unspecified atom stereocenters. The van der Waals surface area contributed by atoms with Crippen LogP contribution in [-0.2, 0) is 0 Å². The van der Waals surface area contributed by atoms with E-state index in [0.29, 0.717) is 6.04 Å². The summed E-state index contributed by atoms with van der Waals surface area (Å²) in [6.07, 6.45) is 0. The van der Waals surface area contributed by atoms with Gasteiger partial charge in [0.05, 0.1) is 11.8 Å². The molecular weight excluding hydrogens is 390 g/mol. The van der Waals surface area contributed by atoms with Crippen molar-refractivity contribution < 1.29 is 0 Å². The number of nitrogens with zero attached hydrogens (tertiary/aromatic N) is 3. The van der Waals surface area contributed by atoms with Gasteiger partial charge < -0.3 is 0 Å². The number of hydrogen-bond acceptors (Lipinski definition) is 3. The first kappa shape index (κ1) is 19.3. The number of rotatable bonds is 3. The molecule has 6 rings (SSSR count). The third kappa shape index (κ3) is 3.21. The average Bonchev–Trinajstić information content (AvgIpc) is 3.19.